The lowest BCUT2D eigenvalue weighted by Gasteiger charge is -2.47. The molecule has 2 amide bonds. The van der Waals surface area contributed by atoms with Gasteiger partial charge in [0.25, 0.3) is 0 Å². The number of amides is 2. The summed E-state index contributed by atoms with van der Waals surface area (Å²) in [5.74, 6) is 1.13. The van der Waals surface area contributed by atoms with Crippen LogP contribution >= 0.6 is 0 Å². The van der Waals surface area contributed by atoms with Crippen molar-refractivity contribution in [3.63, 3.8) is 0 Å². The lowest BCUT2D eigenvalue weighted by Crippen LogP contribution is -2.60. The highest BCUT2D eigenvalue weighted by Gasteiger charge is 2.41. The molecule has 3 fully saturated rings. The fraction of sp³-hybridized carbons (Fsp3) is 0.724. The van der Waals surface area contributed by atoms with Crippen LogP contribution in [0.3, 0.4) is 0 Å². The van der Waals surface area contributed by atoms with Gasteiger partial charge in [-0.1, -0.05) is 49.6 Å². The van der Waals surface area contributed by atoms with E-state index in [1.165, 1.54) is 25.7 Å². The number of hydrogen-bond donors (Lipinski definition) is 3. The maximum Gasteiger partial charge on any atom is 0.407 e. The van der Waals surface area contributed by atoms with Crippen LogP contribution in [0.5, 0.6) is 0 Å². The Morgan fingerprint density at radius 1 is 1.14 bits per heavy atom. The second-order valence-electron chi connectivity index (χ2n) is 12.1. The van der Waals surface area contributed by atoms with Gasteiger partial charge in [-0.2, -0.15) is 0 Å². The Morgan fingerprint density at radius 3 is 2.54 bits per heavy atom. The van der Waals surface area contributed by atoms with Gasteiger partial charge < -0.3 is 25.2 Å². The highest BCUT2D eigenvalue weighted by Crippen LogP contribution is 2.39. The zero-order chi connectivity index (χ0) is 26.4. The zero-order valence-electron chi connectivity index (χ0n) is 22.7. The molecule has 2 aliphatic heterocycles. The first-order chi connectivity index (χ1) is 17.7. The maximum atomic E-state index is 13.4. The highest BCUT2D eigenvalue weighted by atomic mass is 16.6. The van der Waals surface area contributed by atoms with Gasteiger partial charge in [-0.3, -0.25) is 9.69 Å². The van der Waals surface area contributed by atoms with E-state index < -0.39 is 18.2 Å². The number of rotatable bonds is 8. The first kappa shape index (κ1) is 27.9. The normalized spacial score (nSPS) is 28.1. The predicted octanol–water partition coefficient (Wildman–Crippen LogP) is 3.27. The molecular weight excluding hydrogens is 470 g/mol. The molecule has 1 aromatic carbocycles. The molecule has 37 heavy (non-hydrogen) atoms. The van der Waals surface area contributed by atoms with Gasteiger partial charge in [-0.05, 0) is 57.4 Å². The smallest absolute Gasteiger partial charge is 0.407 e. The SMILES string of the molecule is CC(C)(C)NC(=O)[C@@H]1C[C@@H]2CCCC[C@@H]2CN1C[C@@H](O)[C@H](Cc1ccccc1)NC(=O)O[C@@H]1CCOC1. The molecule has 8 nitrogen and oxygen atoms in total. The highest BCUT2D eigenvalue weighted by molar-refractivity contribution is 5.82. The van der Waals surface area contributed by atoms with E-state index in [1.54, 1.807) is 0 Å². The molecule has 3 aliphatic rings. The number of carbonyl (C=O) groups excluding carboxylic acids is 2. The summed E-state index contributed by atoms with van der Waals surface area (Å²) in [6.07, 6.45) is 5.12. The molecule has 0 spiro atoms. The summed E-state index contributed by atoms with van der Waals surface area (Å²) in [5, 5.41) is 17.6. The van der Waals surface area contributed by atoms with Crippen molar-refractivity contribution in [3.8, 4) is 0 Å². The van der Waals surface area contributed by atoms with Crippen LogP contribution in [0.15, 0.2) is 30.3 Å². The number of likely N-dealkylation sites (tertiary alicyclic amines) is 1. The molecule has 1 saturated carbocycles. The van der Waals surface area contributed by atoms with Gasteiger partial charge in [-0.15, -0.1) is 0 Å². The first-order valence-electron chi connectivity index (χ1n) is 14.0. The molecule has 0 aromatic heterocycles. The summed E-state index contributed by atoms with van der Waals surface area (Å²) in [4.78, 5) is 28.3. The Balaban J connectivity index is 1.48. The van der Waals surface area contributed by atoms with Crippen molar-refractivity contribution >= 4 is 12.0 Å². The maximum absolute atomic E-state index is 13.4. The standard InChI is InChI=1S/C29H45N3O5/c1-29(2,3)31-27(34)25-16-21-11-7-8-12-22(21)17-32(25)18-26(33)24(15-20-9-5-4-6-10-20)30-28(35)37-23-13-14-36-19-23/h4-6,9-10,21-26,33H,7-8,11-19H2,1-3H3,(H,30,35)(H,31,34)/t21-,22+,23+,24-,25-,26+/m0/s1. The fourth-order valence-corrected chi connectivity index (χ4v) is 6.09. The minimum atomic E-state index is -0.863. The Morgan fingerprint density at radius 2 is 1.86 bits per heavy atom. The molecule has 3 N–H and O–H groups in total. The van der Waals surface area contributed by atoms with Crippen LogP contribution in [0.4, 0.5) is 4.79 Å². The summed E-state index contributed by atoms with van der Waals surface area (Å²) in [6, 6.07) is 9.00. The van der Waals surface area contributed by atoms with Crippen molar-refractivity contribution in [3.05, 3.63) is 35.9 Å². The Labute approximate surface area is 221 Å². The minimum absolute atomic E-state index is 0.0249. The van der Waals surface area contributed by atoms with Crippen LogP contribution < -0.4 is 10.6 Å². The topological polar surface area (TPSA) is 100 Å². The molecule has 1 aromatic rings. The summed E-state index contributed by atoms with van der Waals surface area (Å²) < 4.78 is 10.9. The van der Waals surface area contributed by atoms with E-state index in [9.17, 15) is 14.7 Å². The zero-order valence-corrected chi connectivity index (χ0v) is 22.7. The number of β-amino-alcohol motifs (C(OH)–C–C–N with tert-alkyl or cyclic N) is 1. The van der Waals surface area contributed by atoms with Gasteiger partial charge >= 0.3 is 6.09 Å². The van der Waals surface area contributed by atoms with Crippen molar-refractivity contribution in [2.75, 3.05) is 26.3 Å². The number of nitrogens with one attached hydrogen (secondary N) is 2. The van der Waals surface area contributed by atoms with Crippen LogP contribution in [0, 0.1) is 11.8 Å². The fourth-order valence-electron chi connectivity index (χ4n) is 6.09. The molecule has 0 bridgehead atoms. The molecule has 0 unspecified atom stereocenters. The molecule has 6 atom stereocenters. The van der Waals surface area contributed by atoms with E-state index in [0.717, 1.165) is 18.5 Å². The number of fused-ring (bicyclic) bond motifs is 1. The van der Waals surface area contributed by atoms with Crippen molar-refractivity contribution in [2.45, 2.75) is 95.5 Å². The van der Waals surface area contributed by atoms with Gasteiger partial charge in [-0.25, -0.2) is 4.79 Å². The third-order valence-electron chi connectivity index (χ3n) is 7.95. The summed E-state index contributed by atoms with van der Waals surface area (Å²) in [7, 11) is 0. The molecule has 8 heteroatoms. The van der Waals surface area contributed by atoms with E-state index >= 15 is 0 Å². The average Bonchev–Trinajstić information content (AvgIpc) is 3.35. The second-order valence-corrected chi connectivity index (χ2v) is 12.1. The number of hydrogen-bond acceptors (Lipinski definition) is 6. The molecule has 2 heterocycles. The Hall–Kier alpha value is -2.16. The van der Waals surface area contributed by atoms with Crippen molar-refractivity contribution in [1.29, 1.82) is 0 Å². The van der Waals surface area contributed by atoms with Gasteiger partial charge in [0.1, 0.15) is 6.10 Å². The molecule has 1 aliphatic carbocycles. The number of nitrogens with zero attached hydrogens (tertiary/aromatic N) is 1. The van der Waals surface area contributed by atoms with Crippen LogP contribution in [-0.2, 0) is 20.7 Å². The number of carbonyl (C=O) groups is 2. The van der Waals surface area contributed by atoms with E-state index in [1.807, 2.05) is 51.1 Å². The van der Waals surface area contributed by atoms with Crippen molar-refractivity contribution < 1.29 is 24.2 Å². The molecule has 0 radical (unpaired) electrons. The van der Waals surface area contributed by atoms with Crippen molar-refractivity contribution in [1.82, 2.24) is 15.5 Å². The van der Waals surface area contributed by atoms with Gasteiger partial charge in [0.15, 0.2) is 0 Å². The second kappa shape index (κ2) is 12.6. The number of benzene rings is 1. The van der Waals surface area contributed by atoms with Crippen LogP contribution in [0.2, 0.25) is 0 Å². The third-order valence-corrected chi connectivity index (χ3v) is 7.95. The van der Waals surface area contributed by atoms with Crippen LogP contribution in [0.25, 0.3) is 0 Å². The van der Waals surface area contributed by atoms with E-state index in [2.05, 4.69) is 15.5 Å². The third kappa shape index (κ3) is 8.16. The number of aliphatic hydroxyl groups excluding tert-OH is 1. The minimum Gasteiger partial charge on any atom is -0.444 e. The van der Waals surface area contributed by atoms with Gasteiger partial charge in [0.2, 0.25) is 5.91 Å². The average molecular weight is 516 g/mol. The summed E-state index contributed by atoms with van der Waals surface area (Å²) in [5.41, 5.74) is 0.694. The summed E-state index contributed by atoms with van der Waals surface area (Å²) >= 11 is 0. The predicted molar refractivity (Wildman–Crippen MR) is 142 cm³/mol. The Kier molecular flexibility index (Phi) is 9.48. The number of aliphatic hydroxyl groups is 1. The van der Waals surface area contributed by atoms with E-state index in [0.29, 0.717) is 44.4 Å². The van der Waals surface area contributed by atoms with Gasteiger partial charge in [0, 0.05) is 25.0 Å². The number of ether oxygens (including phenoxy) is 2. The molecular formula is C29H45N3O5. The molecule has 206 valence electrons. The van der Waals surface area contributed by atoms with Crippen LogP contribution in [-0.4, -0.2) is 78.1 Å². The van der Waals surface area contributed by atoms with Crippen LogP contribution in [0.1, 0.15) is 64.9 Å². The van der Waals surface area contributed by atoms with E-state index in [4.69, 9.17) is 9.47 Å². The largest absolute Gasteiger partial charge is 0.444 e. The lowest BCUT2D eigenvalue weighted by molar-refractivity contribution is -0.132. The van der Waals surface area contributed by atoms with Crippen molar-refractivity contribution in [2.24, 2.45) is 11.8 Å². The number of alkyl carbamates (subject to hydrolysis) is 1. The quantitative estimate of drug-likeness (QED) is 0.491. The Bertz CT molecular complexity index is 883. The van der Waals surface area contributed by atoms with Gasteiger partial charge in [0.05, 0.1) is 31.4 Å². The monoisotopic (exact) mass is 515 g/mol. The lowest BCUT2D eigenvalue weighted by atomic mass is 9.72. The number of piperidine rings is 1. The molecule has 2 saturated heterocycles. The summed E-state index contributed by atoms with van der Waals surface area (Å²) in [6.45, 7) is 8.09. The molecule has 4 rings (SSSR count). The first-order valence-corrected chi connectivity index (χ1v) is 14.0. The van der Waals surface area contributed by atoms with E-state index in [-0.39, 0.29) is 23.6 Å².